The van der Waals surface area contributed by atoms with E-state index in [1.54, 1.807) is 6.07 Å². The van der Waals surface area contributed by atoms with Crippen molar-refractivity contribution in [2.75, 3.05) is 0 Å². The minimum absolute atomic E-state index is 0.114. The van der Waals surface area contributed by atoms with Crippen LogP contribution in [-0.2, 0) is 0 Å². The average molecular weight is 316 g/mol. The summed E-state index contributed by atoms with van der Waals surface area (Å²) in [5.74, 6) is -1.91. The van der Waals surface area contributed by atoms with Crippen molar-refractivity contribution >= 4 is 15.9 Å². The standard InChI is InChI=1S/C13H9BrF3N/c14-12-9(2-1-3-10(12)16)13(18)8-5-4-7(15)6-11(8)17/h1-6,13H,18H2. The molecule has 18 heavy (non-hydrogen) atoms. The number of nitrogens with two attached hydrogens (primary N) is 1. The highest BCUT2D eigenvalue weighted by atomic mass is 79.9. The van der Waals surface area contributed by atoms with Gasteiger partial charge in [-0.05, 0) is 33.6 Å². The van der Waals surface area contributed by atoms with Crippen molar-refractivity contribution in [2.45, 2.75) is 6.04 Å². The highest BCUT2D eigenvalue weighted by Crippen LogP contribution is 2.30. The monoisotopic (exact) mass is 315 g/mol. The Morgan fingerprint density at radius 2 is 1.67 bits per heavy atom. The van der Waals surface area contributed by atoms with Gasteiger partial charge in [-0.1, -0.05) is 18.2 Å². The van der Waals surface area contributed by atoms with Gasteiger partial charge >= 0.3 is 0 Å². The van der Waals surface area contributed by atoms with Gasteiger partial charge in [0, 0.05) is 11.6 Å². The zero-order chi connectivity index (χ0) is 13.3. The molecule has 2 aromatic carbocycles. The predicted octanol–water partition coefficient (Wildman–Crippen LogP) is 3.91. The molecule has 0 aliphatic carbocycles. The first kappa shape index (κ1) is 13.1. The molecule has 0 aliphatic heterocycles. The van der Waals surface area contributed by atoms with Gasteiger partial charge in [-0.3, -0.25) is 0 Å². The van der Waals surface area contributed by atoms with Crippen molar-refractivity contribution < 1.29 is 13.2 Å². The van der Waals surface area contributed by atoms with E-state index in [1.165, 1.54) is 18.2 Å². The lowest BCUT2D eigenvalue weighted by Crippen LogP contribution is -2.14. The molecular weight excluding hydrogens is 307 g/mol. The molecule has 1 atom stereocenters. The van der Waals surface area contributed by atoms with Gasteiger partial charge in [-0.15, -0.1) is 0 Å². The second kappa shape index (κ2) is 5.12. The van der Waals surface area contributed by atoms with Crippen LogP contribution in [0.3, 0.4) is 0 Å². The van der Waals surface area contributed by atoms with Crippen molar-refractivity contribution in [2.24, 2.45) is 5.73 Å². The topological polar surface area (TPSA) is 26.0 Å². The first-order chi connectivity index (χ1) is 8.50. The molecule has 0 aliphatic rings. The molecule has 0 saturated carbocycles. The maximum absolute atomic E-state index is 13.6. The summed E-state index contributed by atoms with van der Waals surface area (Å²) in [6, 6.07) is 6.59. The normalized spacial score (nSPS) is 12.5. The minimum atomic E-state index is -0.865. The van der Waals surface area contributed by atoms with Crippen LogP contribution in [0.1, 0.15) is 17.2 Å². The molecule has 2 rings (SSSR count). The van der Waals surface area contributed by atoms with Gasteiger partial charge in [0.2, 0.25) is 0 Å². The highest BCUT2D eigenvalue weighted by molar-refractivity contribution is 9.10. The van der Waals surface area contributed by atoms with E-state index in [1.807, 2.05) is 0 Å². The smallest absolute Gasteiger partial charge is 0.137 e. The molecule has 2 aromatic rings. The molecule has 0 amide bonds. The second-order valence-corrected chi connectivity index (χ2v) is 4.58. The highest BCUT2D eigenvalue weighted by Gasteiger charge is 2.18. The van der Waals surface area contributed by atoms with E-state index in [0.717, 1.165) is 12.1 Å². The zero-order valence-electron chi connectivity index (χ0n) is 9.13. The van der Waals surface area contributed by atoms with Crippen LogP contribution in [0.25, 0.3) is 0 Å². The molecule has 0 saturated heterocycles. The lowest BCUT2D eigenvalue weighted by Gasteiger charge is -2.15. The van der Waals surface area contributed by atoms with Crippen LogP contribution in [0.2, 0.25) is 0 Å². The molecular formula is C13H9BrF3N. The van der Waals surface area contributed by atoms with Gasteiger partial charge in [-0.25, -0.2) is 13.2 Å². The maximum atomic E-state index is 13.6. The molecule has 1 unspecified atom stereocenters. The Labute approximate surface area is 111 Å². The Morgan fingerprint density at radius 3 is 2.33 bits per heavy atom. The molecule has 0 spiro atoms. The van der Waals surface area contributed by atoms with Crippen molar-refractivity contribution in [1.29, 1.82) is 0 Å². The Kier molecular flexibility index (Phi) is 3.73. The largest absolute Gasteiger partial charge is 0.320 e. The first-order valence-electron chi connectivity index (χ1n) is 5.15. The fraction of sp³-hybridized carbons (Fsp3) is 0.0769. The molecule has 94 valence electrons. The summed E-state index contributed by atoms with van der Waals surface area (Å²) < 4.78 is 39.9. The first-order valence-corrected chi connectivity index (χ1v) is 5.94. The molecule has 1 nitrogen and oxygen atoms in total. The van der Waals surface area contributed by atoms with Crippen LogP contribution in [0.4, 0.5) is 13.2 Å². The summed E-state index contributed by atoms with van der Waals surface area (Å²) in [7, 11) is 0. The number of benzene rings is 2. The second-order valence-electron chi connectivity index (χ2n) is 3.79. The lowest BCUT2D eigenvalue weighted by atomic mass is 9.99. The lowest BCUT2D eigenvalue weighted by molar-refractivity contribution is 0.564. The molecule has 0 bridgehead atoms. The van der Waals surface area contributed by atoms with Crippen LogP contribution >= 0.6 is 15.9 Å². The Morgan fingerprint density at radius 1 is 0.944 bits per heavy atom. The SMILES string of the molecule is NC(c1ccc(F)cc1F)c1cccc(F)c1Br. The van der Waals surface area contributed by atoms with Gasteiger partial charge in [-0.2, -0.15) is 0 Å². The van der Waals surface area contributed by atoms with Gasteiger partial charge in [0.05, 0.1) is 10.5 Å². The van der Waals surface area contributed by atoms with Gasteiger partial charge in [0.1, 0.15) is 17.5 Å². The fourth-order valence-corrected chi connectivity index (χ4v) is 2.19. The summed E-state index contributed by atoms with van der Waals surface area (Å²) in [5.41, 5.74) is 6.39. The van der Waals surface area contributed by atoms with Crippen molar-refractivity contribution in [3.8, 4) is 0 Å². The van der Waals surface area contributed by atoms with E-state index < -0.39 is 23.5 Å². The van der Waals surface area contributed by atoms with Crippen LogP contribution in [0.5, 0.6) is 0 Å². The molecule has 0 radical (unpaired) electrons. The van der Waals surface area contributed by atoms with Crippen LogP contribution < -0.4 is 5.73 Å². The summed E-state index contributed by atoms with van der Waals surface area (Å²) in [5, 5.41) is 0. The third kappa shape index (κ3) is 2.42. The van der Waals surface area contributed by atoms with Crippen molar-refractivity contribution in [3.05, 3.63) is 69.4 Å². The van der Waals surface area contributed by atoms with Crippen LogP contribution in [0, 0.1) is 17.5 Å². The quantitative estimate of drug-likeness (QED) is 0.893. The van der Waals surface area contributed by atoms with E-state index in [9.17, 15) is 13.2 Å². The van der Waals surface area contributed by atoms with Crippen LogP contribution in [-0.4, -0.2) is 0 Å². The van der Waals surface area contributed by atoms with E-state index >= 15 is 0 Å². The number of hydrogen-bond acceptors (Lipinski definition) is 1. The molecule has 0 aromatic heterocycles. The predicted molar refractivity (Wildman–Crippen MR) is 66.5 cm³/mol. The average Bonchev–Trinajstić information content (AvgIpc) is 2.32. The van der Waals surface area contributed by atoms with Crippen molar-refractivity contribution in [3.63, 3.8) is 0 Å². The zero-order valence-corrected chi connectivity index (χ0v) is 10.7. The van der Waals surface area contributed by atoms with E-state index in [0.29, 0.717) is 5.56 Å². The number of halogens is 4. The van der Waals surface area contributed by atoms with Gasteiger partial charge in [0.25, 0.3) is 0 Å². The Bertz CT molecular complexity index is 586. The number of rotatable bonds is 2. The maximum Gasteiger partial charge on any atom is 0.137 e. The van der Waals surface area contributed by atoms with E-state index in [4.69, 9.17) is 5.73 Å². The Hall–Kier alpha value is -1.33. The third-order valence-electron chi connectivity index (χ3n) is 2.61. The fourth-order valence-electron chi connectivity index (χ4n) is 1.68. The molecule has 5 heteroatoms. The summed E-state index contributed by atoms with van der Waals surface area (Å²) >= 11 is 3.07. The minimum Gasteiger partial charge on any atom is -0.320 e. The summed E-state index contributed by atoms with van der Waals surface area (Å²) in [6.07, 6.45) is 0. The summed E-state index contributed by atoms with van der Waals surface area (Å²) in [6.45, 7) is 0. The molecule has 0 fully saturated rings. The van der Waals surface area contributed by atoms with Gasteiger partial charge < -0.3 is 5.73 Å². The van der Waals surface area contributed by atoms with Crippen molar-refractivity contribution in [1.82, 2.24) is 0 Å². The number of hydrogen-bond donors (Lipinski definition) is 1. The molecule has 2 N–H and O–H groups in total. The molecule has 0 heterocycles. The van der Waals surface area contributed by atoms with E-state index in [2.05, 4.69) is 15.9 Å². The van der Waals surface area contributed by atoms with E-state index in [-0.39, 0.29) is 10.0 Å². The Balaban J connectivity index is 2.48. The van der Waals surface area contributed by atoms with Crippen LogP contribution in [0.15, 0.2) is 40.9 Å². The third-order valence-corrected chi connectivity index (χ3v) is 3.45. The van der Waals surface area contributed by atoms with Gasteiger partial charge in [0.15, 0.2) is 0 Å². The summed E-state index contributed by atoms with van der Waals surface area (Å²) in [4.78, 5) is 0.